The molecule has 25 heavy (non-hydrogen) atoms. The number of nitrogens with zero attached hydrogens (tertiary/aromatic N) is 4. The maximum atomic E-state index is 13.4. The Labute approximate surface area is 144 Å². The molecule has 1 atom stereocenters. The van der Waals surface area contributed by atoms with Crippen LogP contribution in [-0.2, 0) is 4.79 Å². The van der Waals surface area contributed by atoms with Crippen LogP contribution >= 0.6 is 0 Å². The van der Waals surface area contributed by atoms with E-state index in [1.54, 1.807) is 17.5 Å². The highest BCUT2D eigenvalue weighted by Crippen LogP contribution is 2.23. The third-order valence-corrected chi connectivity index (χ3v) is 4.14. The maximum absolute atomic E-state index is 13.4. The van der Waals surface area contributed by atoms with Gasteiger partial charge in [-0.2, -0.15) is 9.61 Å². The van der Waals surface area contributed by atoms with Crippen molar-refractivity contribution in [2.45, 2.75) is 33.7 Å². The molecule has 0 spiro atoms. The van der Waals surface area contributed by atoms with Gasteiger partial charge in [-0.05, 0) is 51.0 Å². The molecule has 130 valence electrons. The van der Waals surface area contributed by atoms with E-state index >= 15 is 0 Å². The Balaban J connectivity index is 1.84. The molecule has 0 aliphatic carbocycles. The molecule has 0 radical (unpaired) electrons. The smallest absolute Gasteiger partial charge is 0.246 e. The van der Waals surface area contributed by atoms with Crippen LogP contribution in [0.4, 0.5) is 15.8 Å². The van der Waals surface area contributed by atoms with Gasteiger partial charge in [-0.1, -0.05) is 6.07 Å². The number of nitrogens with one attached hydrogen (secondary N) is 2. The van der Waals surface area contributed by atoms with E-state index in [0.29, 0.717) is 17.0 Å². The quantitative estimate of drug-likeness (QED) is 0.761. The van der Waals surface area contributed by atoms with Crippen molar-refractivity contribution in [1.29, 1.82) is 0 Å². The number of hydrogen-bond donors (Lipinski definition) is 2. The Hall–Kier alpha value is -3.03. The molecule has 2 aromatic heterocycles. The minimum absolute atomic E-state index is 0.278. The molecule has 0 saturated carbocycles. The van der Waals surface area contributed by atoms with Gasteiger partial charge in [-0.25, -0.2) is 4.39 Å². The summed E-state index contributed by atoms with van der Waals surface area (Å²) in [5, 5.41) is 18.2. The maximum Gasteiger partial charge on any atom is 0.246 e. The van der Waals surface area contributed by atoms with Crippen LogP contribution in [0.15, 0.2) is 24.5 Å². The summed E-state index contributed by atoms with van der Waals surface area (Å²) in [7, 11) is 0. The van der Waals surface area contributed by atoms with Crippen molar-refractivity contribution in [3.05, 3.63) is 47.2 Å². The van der Waals surface area contributed by atoms with Crippen molar-refractivity contribution in [2.24, 2.45) is 0 Å². The summed E-state index contributed by atoms with van der Waals surface area (Å²) in [5.74, 6) is -0.674. The summed E-state index contributed by atoms with van der Waals surface area (Å²) in [6, 6.07) is 3.72. The third-order valence-electron chi connectivity index (χ3n) is 4.14. The van der Waals surface area contributed by atoms with Gasteiger partial charge in [-0.3, -0.25) is 4.79 Å². The molecule has 0 bridgehead atoms. The molecular formula is C17H19FN6O. The second-order valence-electron chi connectivity index (χ2n) is 6.00. The molecule has 1 unspecified atom stereocenters. The highest BCUT2D eigenvalue weighted by Gasteiger charge is 2.19. The molecule has 1 amide bonds. The van der Waals surface area contributed by atoms with Gasteiger partial charge in [0.2, 0.25) is 11.6 Å². The SMILES string of the molecule is Cc1ccc(F)cc1NC(=O)C(C)Nc1c(C)c(C)nn2cnnc12. The van der Waals surface area contributed by atoms with Crippen LogP contribution in [-0.4, -0.2) is 31.8 Å². The Kier molecular flexibility index (Phi) is 4.35. The van der Waals surface area contributed by atoms with Crippen LogP contribution in [0.25, 0.3) is 5.65 Å². The second-order valence-corrected chi connectivity index (χ2v) is 6.00. The first-order chi connectivity index (χ1) is 11.9. The lowest BCUT2D eigenvalue weighted by Crippen LogP contribution is -2.32. The molecule has 0 aliphatic heterocycles. The minimum Gasteiger partial charge on any atom is -0.370 e. The van der Waals surface area contributed by atoms with Crippen LogP contribution in [0, 0.1) is 26.6 Å². The molecule has 2 heterocycles. The molecule has 1 aromatic carbocycles. The molecule has 7 nitrogen and oxygen atoms in total. The first-order valence-corrected chi connectivity index (χ1v) is 7.87. The van der Waals surface area contributed by atoms with Gasteiger partial charge >= 0.3 is 0 Å². The van der Waals surface area contributed by atoms with Gasteiger partial charge in [-0.15, -0.1) is 10.2 Å². The molecule has 0 fully saturated rings. The Morgan fingerprint density at radius 2 is 2.04 bits per heavy atom. The van der Waals surface area contributed by atoms with E-state index in [4.69, 9.17) is 0 Å². The topological polar surface area (TPSA) is 84.2 Å². The number of aromatic nitrogens is 4. The van der Waals surface area contributed by atoms with Crippen molar-refractivity contribution < 1.29 is 9.18 Å². The number of aryl methyl sites for hydroxylation is 2. The molecule has 0 saturated heterocycles. The van der Waals surface area contributed by atoms with E-state index in [2.05, 4.69) is 25.9 Å². The van der Waals surface area contributed by atoms with Crippen LogP contribution in [0.3, 0.4) is 0 Å². The number of anilines is 2. The monoisotopic (exact) mass is 342 g/mol. The molecule has 3 aromatic rings. The lowest BCUT2D eigenvalue weighted by Gasteiger charge is -2.18. The van der Waals surface area contributed by atoms with E-state index < -0.39 is 11.9 Å². The number of carbonyl (C=O) groups is 1. The average molecular weight is 342 g/mol. The third kappa shape index (κ3) is 3.28. The summed E-state index contributed by atoms with van der Waals surface area (Å²) in [5.41, 5.74) is 4.19. The van der Waals surface area contributed by atoms with E-state index in [1.165, 1.54) is 18.5 Å². The first kappa shape index (κ1) is 16.8. The molecule has 8 heteroatoms. The lowest BCUT2D eigenvalue weighted by atomic mass is 10.1. The Morgan fingerprint density at radius 1 is 1.28 bits per heavy atom. The van der Waals surface area contributed by atoms with E-state index in [0.717, 1.165) is 16.8 Å². The Bertz CT molecular complexity index is 952. The standard InChI is InChI=1S/C17H19FN6O/c1-9-5-6-13(18)7-14(9)21-17(25)12(4)20-15-10(2)11(3)23-24-8-19-22-16(15)24/h5-8,12,20H,1-4H3,(H,21,25). The van der Waals surface area contributed by atoms with E-state index in [-0.39, 0.29) is 5.91 Å². The van der Waals surface area contributed by atoms with Crippen molar-refractivity contribution in [3.8, 4) is 0 Å². The molecular weight excluding hydrogens is 323 g/mol. The van der Waals surface area contributed by atoms with Gasteiger partial charge in [0.15, 0.2) is 0 Å². The second kappa shape index (κ2) is 6.46. The van der Waals surface area contributed by atoms with Crippen LogP contribution in [0.2, 0.25) is 0 Å². The van der Waals surface area contributed by atoms with Gasteiger partial charge in [0, 0.05) is 5.69 Å². The number of rotatable bonds is 4. The largest absolute Gasteiger partial charge is 0.370 e. The van der Waals surface area contributed by atoms with Crippen LogP contribution in [0.5, 0.6) is 0 Å². The predicted octanol–water partition coefficient (Wildman–Crippen LogP) is 2.63. The lowest BCUT2D eigenvalue weighted by molar-refractivity contribution is -0.116. The van der Waals surface area contributed by atoms with E-state index in [9.17, 15) is 9.18 Å². The molecule has 2 N–H and O–H groups in total. The fourth-order valence-corrected chi connectivity index (χ4v) is 2.48. The fourth-order valence-electron chi connectivity index (χ4n) is 2.48. The average Bonchev–Trinajstić information content (AvgIpc) is 3.02. The molecule has 0 aliphatic rings. The number of amides is 1. The minimum atomic E-state index is -0.566. The fraction of sp³-hybridized carbons (Fsp3) is 0.294. The van der Waals surface area contributed by atoms with Crippen LogP contribution < -0.4 is 10.6 Å². The van der Waals surface area contributed by atoms with Crippen molar-refractivity contribution in [3.63, 3.8) is 0 Å². The summed E-state index contributed by atoms with van der Waals surface area (Å²) in [4.78, 5) is 12.5. The van der Waals surface area contributed by atoms with Crippen molar-refractivity contribution in [1.82, 2.24) is 19.8 Å². The summed E-state index contributed by atoms with van der Waals surface area (Å²) >= 11 is 0. The van der Waals surface area contributed by atoms with E-state index in [1.807, 2.05) is 20.8 Å². The normalized spacial score (nSPS) is 12.2. The molecule has 3 rings (SSSR count). The van der Waals surface area contributed by atoms with Gasteiger partial charge in [0.05, 0.1) is 11.4 Å². The predicted molar refractivity (Wildman–Crippen MR) is 93.1 cm³/mol. The number of carbonyl (C=O) groups excluding carboxylic acids is 1. The number of fused-ring (bicyclic) bond motifs is 1. The van der Waals surface area contributed by atoms with Gasteiger partial charge < -0.3 is 10.6 Å². The first-order valence-electron chi connectivity index (χ1n) is 7.87. The van der Waals surface area contributed by atoms with Gasteiger partial charge in [0.1, 0.15) is 18.2 Å². The summed E-state index contributed by atoms with van der Waals surface area (Å²) in [6.07, 6.45) is 1.51. The zero-order chi connectivity index (χ0) is 18.1. The zero-order valence-corrected chi connectivity index (χ0v) is 14.5. The van der Waals surface area contributed by atoms with Crippen molar-refractivity contribution >= 4 is 22.9 Å². The Morgan fingerprint density at radius 3 is 2.80 bits per heavy atom. The zero-order valence-electron chi connectivity index (χ0n) is 14.5. The van der Waals surface area contributed by atoms with Crippen LogP contribution in [0.1, 0.15) is 23.7 Å². The highest BCUT2D eigenvalue weighted by molar-refractivity contribution is 5.97. The van der Waals surface area contributed by atoms with Gasteiger partial charge in [0.25, 0.3) is 0 Å². The summed E-state index contributed by atoms with van der Waals surface area (Å²) < 4.78 is 15.0. The summed E-state index contributed by atoms with van der Waals surface area (Å²) in [6.45, 7) is 7.32. The highest BCUT2D eigenvalue weighted by atomic mass is 19.1. The van der Waals surface area contributed by atoms with Crippen molar-refractivity contribution in [2.75, 3.05) is 10.6 Å². The number of hydrogen-bond acceptors (Lipinski definition) is 5. The number of benzene rings is 1. The number of halogens is 1.